The highest BCUT2D eigenvalue weighted by Crippen LogP contribution is 2.33. The Hall–Kier alpha value is -0.260. The highest BCUT2D eigenvalue weighted by Gasteiger charge is 2.22. The van der Waals surface area contributed by atoms with E-state index in [0.717, 1.165) is 0 Å². The van der Waals surface area contributed by atoms with E-state index >= 15 is 0 Å². The molecule has 0 atom stereocenters. The molecule has 0 aliphatic carbocycles. The summed E-state index contributed by atoms with van der Waals surface area (Å²) in [6, 6.07) is 0. The first-order valence-electron chi connectivity index (χ1n) is 4.41. The van der Waals surface area contributed by atoms with Gasteiger partial charge >= 0.3 is 0 Å². The van der Waals surface area contributed by atoms with Gasteiger partial charge in [-0.05, 0) is 24.2 Å². The van der Waals surface area contributed by atoms with E-state index in [-0.39, 0.29) is 0 Å². The van der Waals surface area contributed by atoms with Crippen molar-refractivity contribution in [3.63, 3.8) is 0 Å². The van der Waals surface area contributed by atoms with Crippen LogP contribution in [0.1, 0.15) is 48.0 Å². The van der Waals surface area contributed by atoms with Gasteiger partial charge in [-0.2, -0.15) is 0 Å². The van der Waals surface area contributed by atoms with Crippen molar-refractivity contribution in [1.29, 1.82) is 0 Å². The largest absolute Gasteiger partial charge is 0.0911 e. The van der Waals surface area contributed by atoms with Gasteiger partial charge in [0.1, 0.15) is 0 Å². The number of allylic oxidation sites excluding steroid dienone is 2. The second-order valence-corrected chi connectivity index (χ2v) is 5.23. The van der Waals surface area contributed by atoms with Gasteiger partial charge in [-0.25, -0.2) is 0 Å². The maximum atomic E-state index is 2.29. The number of hydrogen-bond acceptors (Lipinski definition) is 0. The Morgan fingerprint density at radius 3 is 1.73 bits per heavy atom. The molecular weight excluding hydrogens is 132 g/mol. The average molecular weight is 154 g/mol. The van der Waals surface area contributed by atoms with Gasteiger partial charge in [-0.1, -0.05) is 46.8 Å². The summed E-state index contributed by atoms with van der Waals surface area (Å²) < 4.78 is 0. The van der Waals surface area contributed by atoms with Gasteiger partial charge in [0.15, 0.2) is 0 Å². The lowest BCUT2D eigenvalue weighted by molar-refractivity contribution is 0.262. The molecule has 0 spiro atoms. The SMILES string of the molecule is C/C=C/C(C)(C)CC(C)(C)C. The molecule has 0 bridgehead atoms. The zero-order valence-electron chi connectivity index (χ0n) is 8.86. The summed E-state index contributed by atoms with van der Waals surface area (Å²) in [6.07, 6.45) is 5.67. The molecule has 0 heterocycles. The quantitative estimate of drug-likeness (QED) is 0.527. The van der Waals surface area contributed by atoms with Crippen LogP contribution in [0.2, 0.25) is 0 Å². The molecule has 0 radical (unpaired) electrons. The maximum absolute atomic E-state index is 2.29. The molecule has 0 aliphatic heterocycles. The Morgan fingerprint density at radius 2 is 1.45 bits per heavy atom. The lowest BCUT2D eigenvalue weighted by Gasteiger charge is -2.29. The van der Waals surface area contributed by atoms with Gasteiger partial charge in [-0.3, -0.25) is 0 Å². The molecule has 0 nitrogen and oxygen atoms in total. The summed E-state index contributed by atoms with van der Waals surface area (Å²) >= 11 is 0. The van der Waals surface area contributed by atoms with E-state index < -0.39 is 0 Å². The number of hydrogen-bond donors (Lipinski definition) is 0. The minimum absolute atomic E-state index is 0.354. The minimum Gasteiger partial charge on any atom is -0.0911 e. The average Bonchev–Trinajstić information content (AvgIpc) is 1.55. The van der Waals surface area contributed by atoms with Crippen molar-refractivity contribution in [2.24, 2.45) is 10.8 Å². The first-order chi connectivity index (χ1) is 4.77. The Balaban J connectivity index is 4.13. The third-order valence-electron chi connectivity index (χ3n) is 1.60. The van der Waals surface area contributed by atoms with Crippen LogP contribution in [0.25, 0.3) is 0 Å². The molecule has 0 heteroatoms. The van der Waals surface area contributed by atoms with Crippen molar-refractivity contribution >= 4 is 0 Å². The summed E-state index contributed by atoms with van der Waals surface area (Å²) in [5, 5.41) is 0. The topological polar surface area (TPSA) is 0 Å². The van der Waals surface area contributed by atoms with Crippen LogP contribution in [0.4, 0.5) is 0 Å². The van der Waals surface area contributed by atoms with Gasteiger partial charge in [0.05, 0.1) is 0 Å². The molecule has 11 heavy (non-hydrogen) atoms. The van der Waals surface area contributed by atoms with Crippen molar-refractivity contribution in [1.82, 2.24) is 0 Å². The second-order valence-electron chi connectivity index (χ2n) is 5.23. The van der Waals surface area contributed by atoms with Gasteiger partial charge < -0.3 is 0 Å². The molecular formula is C11H22. The van der Waals surface area contributed by atoms with Crippen LogP contribution >= 0.6 is 0 Å². The molecule has 0 aliphatic rings. The summed E-state index contributed by atoms with van der Waals surface area (Å²) in [5.74, 6) is 0. The zero-order valence-corrected chi connectivity index (χ0v) is 8.86. The van der Waals surface area contributed by atoms with Crippen molar-refractivity contribution in [2.75, 3.05) is 0 Å². The molecule has 0 N–H and O–H groups in total. The third-order valence-corrected chi connectivity index (χ3v) is 1.60. The van der Waals surface area contributed by atoms with Crippen LogP contribution in [0, 0.1) is 10.8 Å². The van der Waals surface area contributed by atoms with Crippen LogP contribution in [-0.4, -0.2) is 0 Å². The standard InChI is InChI=1S/C11H22/c1-7-8-11(5,6)9-10(2,3)4/h7-8H,9H2,1-6H3/b8-7+. The predicted octanol–water partition coefficient (Wildman–Crippen LogP) is 4.02. The van der Waals surface area contributed by atoms with Crippen LogP contribution in [0.3, 0.4) is 0 Å². The molecule has 0 saturated heterocycles. The zero-order chi connectivity index (χ0) is 9.12. The van der Waals surface area contributed by atoms with Gasteiger partial charge in [0, 0.05) is 0 Å². The molecule has 0 unspecified atom stereocenters. The van der Waals surface area contributed by atoms with E-state index in [1.807, 2.05) is 0 Å². The van der Waals surface area contributed by atoms with Crippen molar-refractivity contribution in [3.05, 3.63) is 12.2 Å². The molecule has 66 valence electrons. The molecule has 0 aromatic heterocycles. The van der Waals surface area contributed by atoms with Crippen molar-refractivity contribution < 1.29 is 0 Å². The fourth-order valence-electron chi connectivity index (χ4n) is 1.88. The molecule has 0 aromatic carbocycles. The van der Waals surface area contributed by atoms with E-state index in [1.54, 1.807) is 0 Å². The molecule has 0 amide bonds. The van der Waals surface area contributed by atoms with Crippen LogP contribution in [0.5, 0.6) is 0 Å². The molecule has 0 saturated carbocycles. The first kappa shape index (κ1) is 10.7. The van der Waals surface area contributed by atoms with E-state index in [4.69, 9.17) is 0 Å². The lowest BCUT2D eigenvalue weighted by Crippen LogP contribution is -2.18. The van der Waals surface area contributed by atoms with Crippen molar-refractivity contribution in [2.45, 2.75) is 48.0 Å². The maximum Gasteiger partial charge on any atom is -0.0170 e. The van der Waals surface area contributed by atoms with E-state index in [9.17, 15) is 0 Å². The normalized spacial score (nSPS) is 14.4. The highest BCUT2D eigenvalue weighted by molar-refractivity contribution is 4.94. The highest BCUT2D eigenvalue weighted by atomic mass is 14.3. The van der Waals surface area contributed by atoms with E-state index in [1.165, 1.54) is 6.42 Å². The Kier molecular flexibility index (Phi) is 3.34. The summed E-state index contributed by atoms with van der Waals surface area (Å²) in [4.78, 5) is 0. The van der Waals surface area contributed by atoms with Crippen LogP contribution in [0.15, 0.2) is 12.2 Å². The Morgan fingerprint density at radius 1 is 1.00 bits per heavy atom. The van der Waals surface area contributed by atoms with Gasteiger partial charge in [-0.15, -0.1) is 0 Å². The monoisotopic (exact) mass is 154 g/mol. The Labute approximate surface area is 71.7 Å². The summed E-state index contributed by atoms with van der Waals surface area (Å²) in [6.45, 7) is 13.5. The fourth-order valence-corrected chi connectivity index (χ4v) is 1.88. The van der Waals surface area contributed by atoms with Crippen molar-refractivity contribution in [3.8, 4) is 0 Å². The van der Waals surface area contributed by atoms with Crippen LogP contribution in [-0.2, 0) is 0 Å². The van der Waals surface area contributed by atoms with Crippen LogP contribution < -0.4 is 0 Å². The van der Waals surface area contributed by atoms with Gasteiger partial charge in [0.25, 0.3) is 0 Å². The van der Waals surface area contributed by atoms with E-state index in [0.29, 0.717) is 10.8 Å². The lowest BCUT2D eigenvalue weighted by atomic mass is 9.76. The second kappa shape index (κ2) is 3.42. The number of rotatable bonds is 2. The summed E-state index contributed by atoms with van der Waals surface area (Å²) in [7, 11) is 0. The molecule has 0 fully saturated rings. The Bertz CT molecular complexity index is 133. The first-order valence-corrected chi connectivity index (χ1v) is 4.41. The smallest absolute Gasteiger partial charge is 0.0170 e. The van der Waals surface area contributed by atoms with Gasteiger partial charge in [0.2, 0.25) is 0 Å². The summed E-state index contributed by atoms with van der Waals surface area (Å²) in [5.41, 5.74) is 0.788. The third kappa shape index (κ3) is 6.15. The fraction of sp³-hybridized carbons (Fsp3) is 0.818. The molecule has 0 rings (SSSR count). The molecule has 0 aromatic rings. The minimum atomic E-state index is 0.354. The van der Waals surface area contributed by atoms with E-state index in [2.05, 4.69) is 53.7 Å². The predicted molar refractivity (Wildman–Crippen MR) is 52.7 cm³/mol.